The Balaban J connectivity index is 1.69. The largest absolute Gasteiger partial charge is 0.484 e. The molecule has 0 radical (unpaired) electrons. The molecule has 1 heterocycles. The summed E-state index contributed by atoms with van der Waals surface area (Å²) >= 11 is 5.84. The van der Waals surface area contributed by atoms with E-state index in [1.807, 2.05) is 0 Å². The van der Waals surface area contributed by atoms with Crippen LogP contribution in [-0.4, -0.2) is 10.2 Å². The Bertz CT molecular complexity index is 822. The molecule has 0 aliphatic rings. The number of halogens is 1. The van der Waals surface area contributed by atoms with Crippen molar-refractivity contribution >= 4 is 11.6 Å². The van der Waals surface area contributed by atoms with Gasteiger partial charge >= 0.3 is 0 Å². The van der Waals surface area contributed by atoms with E-state index in [-0.39, 0.29) is 6.61 Å². The predicted molar refractivity (Wildman–Crippen MR) is 80.2 cm³/mol. The molecule has 0 fully saturated rings. The van der Waals surface area contributed by atoms with Crippen molar-refractivity contribution in [3.63, 3.8) is 0 Å². The predicted octanol–water partition coefficient (Wildman–Crippen LogP) is 3.84. The first-order valence-electron chi connectivity index (χ1n) is 6.46. The summed E-state index contributed by atoms with van der Waals surface area (Å²) in [6.07, 6.45) is 0. The maximum absolute atomic E-state index is 8.84. The first kappa shape index (κ1) is 14.1. The molecular formula is C16H10ClN3O2. The lowest BCUT2D eigenvalue weighted by atomic mass is 10.2. The average Bonchev–Trinajstić information content (AvgIpc) is 3.03. The van der Waals surface area contributed by atoms with E-state index >= 15 is 0 Å². The third-order valence-electron chi connectivity index (χ3n) is 2.88. The van der Waals surface area contributed by atoms with Gasteiger partial charge in [-0.15, -0.1) is 10.2 Å². The lowest BCUT2D eigenvalue weighted by Gasteiger charge is -2.02. The van der Waals surface area contributed by atoms with Crippen molar-refractivity contribution in [2.75, 3.05) is 0 Å². The molecule has 6 heteroatoms. The Kier molecular flexibility index (Phi) is 4.03. The fourth-order valence-electron chi connectivity index (χ4n) is 1.82. The maximum atomic E-state index is 8.84. The molecule has 0 saturated heterocycles. The summed E-state index contributed by atoms with van der Waals surface area (Å²) in [6.45, 7) is 0.134. The lowest BCUT2D eigenvalue weighted by Crippen LogP contribution is -1.95. The van der Waals surface area contributed by atoms with Crippen LogP contribution in [0.15, 0.2) is 52.9 Å². The van der Waals surface area contributed by atoms with Gasteiger partial charge in [-0.25, -0.2) is 0 Å². The first-order chi connectivity index (χ1) is 10.7. The fourth-order valence-corrected chi connectivity index (χ4v) is 1.95. The highest BCUT2D eigenvalue weighted by atomic mass is 35.5. The molecule has 2 aromatic carbocycles. The molecular weight excluding hydrogens is 302 g/mol. The lowest BCUT2D eigenvalue weighted by molar-refractivity contribution is 0.264. The third kappa shape index (κ3) is 3.25. The monoisotopic (exact) mass is 311 g/mol. The summed E-state index contributed by atoms with van der Waals surface area (Å²) in [4.78, 5) is 0. The average molecular weight is 312 g/mol. The molecule has 3 aromatic rings. The van der Waals surface area contributed by atoms with Gasteiger partial charge in [-0.2, -0.15) is 5.26 Å². The third-order valence-corrected chi connectivity index (χ3v) is 3.14. The number of nitriles is 1. The normalized spacial score (nSPS) is 10.2. The van der Waals surface area contributed by atoms with E-state index in [4.69, 9.17) is 26.0 Å². The van der Waals surface area contributed by atoms with Gasteiger partial charge in [0, 0.05) is 10.6 Å². The van der Waals surface area contributed by atoms with Gasteiger partial charge in [0.25, 0.3) is 5.89 Å². The van der Waals surface area contributed by atoms with E-state index in [0.29, 0.717) is 28.1 Å². The number of rotatable bonds is 4. The van der Waals surface area contributed by atoms with Crippen LogP contribution >= 0.6 is 11.6 Å². The van der Waals surface area contributed by atoms with Gasteiger partial charge in [-0.3, -0.25) is 0 Å². The van der Waals surface area contributed by atoms with Gasteiger partial charge < -0.3 is 9.15 Å². The number of aromatic nitrogens is 2. The molecule has 0 N–H and O–H groups in total. The van der Waals surface area contributed by atoms with Crippen molar-refractivity contribution in [3.8, 4) is 23.3 Å². The summed E-state index contributed by atoms with van der Waals surface area (Å²) < 4.78 is 11.1. The number of hydrogen-bond donors (Lipinski definition) is 0. The Morgan fingerprint density at radius 2 is 1.95 bits per heavy atom. The van der Waals surface area contributed by atoms with E-state index in [1.165, 1.54) is 0 Å². The summed E-state index contributed by atoms with van der Waals surface area (Å²) in [7, 11) is 0. The van der Waals surface area contributed by atoms with Gasteiger partial charge in [0.1, 0.15) is 5.75 Å². The minimum Gasteiger partial charge on any atom is -0.484 e. The van der Waals surface area contributed by atoms with Crippen LogP contribution in [0.25, 0.3) is 11.5 Å². The second-order valence-electron chi connectivity index (χ2n) is 4.44. The zero-order valence-corrected chi connectivity index (χ0v) is 12.1. The molecule has 108 valence electrons. The van der Waals surface area contributed by atoms with Crippen LogP contribution < -0.4 is 4.74 Å². The van der Waals surface area contributed by atoms with Crippen LogP contribution in [0.5, 0.6) is 5.75 Å². The number of ether oxygens (including phenoxy) is 1. The van der Waals surface area contributed by atoms with Crippen LogP contribution in [0, 0.1) is 11.3 Å². The Hall–Kier alpha value is -2.84. The molecule has 0 amide bonds. The van der Waals surface area contributed by atoms with Crippen LogP contribution in [0.4, 0.5) is 0 Å². The first-order valence-corrected chi connectivity index (χ1v) is 6.84. The highest BCUT2D eigenvalue weighted by molar-refractivity contribution is 6.30. The minimum atomic E-state index is 0.134. The van der Waals surface area contributed by atoms with E-state index in [2.05, 4.69) is 16.3 Å². The van der Waals surface area contributed by atoms with E-state index in [9.17, 15) is 0 Å². The zero-order chi connectivity index (χ0) is 15.4. The Morgan fingerprint density at radius 1 is 1.14 bits per heavy atom. The van der Waals surface area contributed by atoms with Gasteiger partial charge in [0.15, 0.2) is 6.61 Å². The summed E-state index contributed by atoms with van der Waals surface area (Å²) in [5.74, 6) is 1.33. The second-order valence-corrected chi connectivity index (χ2v) is 4.87. The molecule has 5 nitrogen and oxygen atoms in total. The summed E-state index contributed by atoms with van der Waals surface area (Å²) in [5, 5.41) is 17.4. The van der Waals surface area contributed by atoms with E-state index in [1.54, 1.807) is 48.5 Å². The Labute approximate surface area is 131 Å². The van der Waals surface area contributed by atoms with Crippen molar-refractivity contribution in [2.45, 2.75) is 6.61 Å². The number of benzene rings is 2. The van der Waals surface area contributed by atoms with E-state index < -0.39 is 0 Å². The second kappa shape index (κ2) is 6.29. The van der Waals surface area contributed by atoms with Gasteiger partial charge in [0.05, 0.1) is 11.6 Å². The highest BCUT2D eigenvalue weighted by Crippen LogP contribution is 2.21. The number of hydrogen-bond acceptors (Lipinski definition) is 5. The maximum Gasteiger partial charge on any atom is 0.254 e. The van der Waals surface area contributed by atoms with Crippen LogP contribution in [-0.2, 0) is 6.61 Å². The zero-order valence-electron chi connectivity index (χ0n) is 11.4. The molecule has 0 spiro atoms. The number of nitrogens with zero attached hydrogens (tertiary/aromatic N) is 3. The SMILES string of the molecule is N#Cc1cccc(OCc2nnc(-c3ccc(Cl)cc3)o2)c1. The minimum absolute atomic E-state index is 0.134. The van der Waals surface area contributed by atoms with Crippen LogP contribution in [0.2, 0.25) is 5.02 Å². The van der Waals surface area contributed by atoms with E-state index in [0.717, 1.165) is 5.56 Å². The standard InChI is InChI=1S/C16H10ClN3O2/c17-13-6-4-12(5-7-13)16-20-19-15(22-16)10-21-14-3-1-2-11(8-14)9-18/h1-8H,10H2. The van der Waals surface area contributed by atoms with Crippen LogP contribution in [0.1, 0.15) is 11.5 Å². The molecule has 1 aromatic heterocycles. The molecule has 0 bridgehead atoms. The van der Waals surface area contributed by atoms with Crippen molar-refractivity contribution < 1.29 is 9.15 Å². The van der Waals surface area contributed by atoms with Crippen molar-refractivity contribution in [2.24, 2.45) is 0 Å². The van der Waals surface area contributed by atoms with Crippen molar-refractivity contribution in [1.82, 2.24) is 10.2 Å². The molecule has 3 rings (SSSR count). The highest BCUT2D eigenvalue weighted by Gasteiger charge is 2.09. The van der Waals surface area contributed by atoms with Crippen molar-refractivity contribution in [3.05, 3.63) is 65.0 Å². The molecule has 0 saturated carbocycles. The molecule has 22 heavy (non-hydrogen) atoms. The van der Waals surface area contributed by atoms with Gasteiger partial charge in [-0.05, 0) is 42.5 Å². The van der Waals surface area contributed by atoms with Crippen LogP contribution in [0.3, 0.4) is 0 Å². The Morgan fingerprint density at radius 3 is 2.73 bits per heavy atom. The van der Waals surface area contributed by atoms with Crippen molar-refractivity contribution in [1.29, 1.82) is 5.26 Å². The topological polar surface area (TPSA) is 71.9 Å². The quantitative estimate of drug-likeness (QED) is 0.732. The van der Waals surface area contributed by atoms with Gasteiger partial charge in [-0.1, -0.05) is 17.7 Å². The molecule has 0 aliphatic carbocycles. The molecule has 0 aliphatic heterocycles. The summed E-state index contributed by atoms with van der Waals surface area (Å²) in [6, 6.07) is 16.0. The van der Waals surface area contributed by atoms with Gasteiger partial charge in [0.2, 0.25) is 5.89 Å². The summed E-state index contributed by atoms with van der Waals surface area (Å²) in [5.41, 5.74) is 1.32. The molecule has 0 unspecified atom stereocenters. The fraction of sp³-hybridized carbons (Fsp3) is 0.0625. The molecule has 0 atom stereocenters. The smallest absolute Gasteiger partial charge is 0.254 e.